The monoisotopic (exact) mass is 365 g/mol. The number of para-hydroxylation sites is 2. The van der Waals surface area contributed by atoms with Gasteiger partial charge in [0.2, 0.25) is 0 Å². The van der Waals surface area contributed by atoms with Crippen LogP contribution in [0.2, 0.25) is 0 Å². The Hall–Kier alpha value is -2.11. The van der Waals surface area contributed by atoms with E-state index in [4.69, 9.17) is 4.99 Å². The Morgan fingerprint density at radius 3 is 2.54 bits per heavy atom. The van der Waals surface area contributed by atoms with E-state index in [2.05, 4.69) is 4.90 Å². The van der Waals surface area contributed by atoms with Crippen LogP contribution in [0.5, 0.6) is 0 Å². The number of carbonyl (C=O) groups is 1. The molecule has 0 atom stereocenters. The van der Waals surface area contributed by atoms with Crippen LogP contribution < -0.4 is 4.90 Å². The molecular weight excluding hydrogens is 342 g/mol. The topological polar surface area (TPSA) is 35.9 Å². The standard InChI is InChI=1S/C21H23N3OS/c1-26-19-12-6-4-10-17(19)22-20-16-9-3-5-11-18(16)24(21(20)25)15-23-13-7-2-8-14-23/h3-6,9-12H,2,7-8,13-15H2,1H3. The summed E-state index contributed by atoms with van der Waals surface area (Å²) in [6, 6.07) is 16.0. The average molecular weight is 366 g/mol. The molecule has 0 bridgehead atoms. The number of carbonyl (C=O) groups excluding carboxylic acids is 1. The Morgan fingerprint density at radius 1 is 1.00 bits per heavy atom. The number of hydrogen-bond acceptors (Lipinski definition) is 4. The quantitative estimate of drug-likeness (QED) is 0.757. The van der Waals surface area contributed by atoms with E-state index >= 15 is 0 Å². The zero-order valence-corrected chi connectivity index (χ0v) is 15.8. The van der Waals surface area contributed by atoms with E-state index in [-0.39, 0.29) is 5.91 Å². The van der Waals surface area contributed by atoms with Gasteiger partial charge in [0.25, 0.3) is 5.91 Å². The van der Waals surface area contributed by atoms with Crippen molar-refractivity contribution >= 4 is 34.8 Å². The van der Waals surface area contributed by atoms with E-state index < -0.39 is 0 Å². The lowest BCUT2D eigenvalue weighted by Crippen LogP contribution is -2.43. The predicted octanol–water partition coefficient (Wildman–Crippen LogP) is 4.32. The van der Waals surface area contributed by atoms with Crippen LogP contribution in [0, 0.1) is 0 Å². The minimum Gasteiger partial charge on any atom is -0.293 e. The van der Waals surface area contributed by atoms with Gasteiger partial charge in [-0.3, -0.25) is 14.6 Å². The zero-order valence-electron chi connectivity index (χ0n) is 15.0. The maximum Gasteiger partial charge on any atom is 0.278 e. The second-order valence-corrected chi connectivity index (χ2v) is 7.55. The molecule has 1 fully saturated rings. The van der Waals surface area contributed by atoms with Crippen LogP contribution in [0.3, 0.4) is 0 Å². The van der Waals surface area contributed by atoms with Crippen molar-refractivity contribution in [2.24, 2.45) is 4.99 Å². The van der Waals surface area contributed by atoms with E-state index in [1.165, 1.54) is 19.3 Å². The molecule has 4 nitrogen and oxygen atoms in total. The second kappa shape index (κ2) is 7.64. The van der Waals surface area contributed by atoms with Crippen molar-refractivity contribution in [3.05, 3.63) is 54.1 Å². The van der Waals surface area contributed by atoms with E-state index in [1.807, 2.05) is 59.7 Å². The molecule has 5 heteroatoms. The molecule has 134 valence electrons. The van der Waals surface area contributed by atoms with Gasteiger partial charge in [0.1, 0.15) is 5.71 Å². The highest BCUT2D eigenvalue weighted by Crippen LogP contribution is 2.33. The normalized spacial score (nSPS) is 19.2. The van der Waals surface area contributed by atoms with Crippen molar-refractivity contribution in [3.8, 4) is 0 Å². The van der Waals surface area contributed by atoms with Crippen LogP contribution in [0.1, 0.15) is 24.8 Å². The third-order valence-corrected chi connectivity index (χ3v) is 5.79. The van der Waals surface area contributed by atoms with Crippen LogP contribution in [-0.2, 0) is 4.79 Å². The molecule has 2 heterocycles. The minimum absolute atomic E-state index is 0.00711. The molecule has 0 saturated carbocycles. The van der Waals surface area contributed by atoms with Crippen molar-refractivity contribution in [3.63, 3.8) is 0 Å². The van der Waals surface area contributed by atoms with Gasteiger partial charge in [-0.25, -0.2) is 4.99 Å². The lowest BCUT2D eigenvalue weighted by molar-refractivity contribution is -0.112. The Labute approximate surface area is 158 Å². The average Bonchev–Trinajstić information content (AvgIpc) is 2.95. The molecule has 2 aliphatic rings. The van der Waals surface area contributed by atoms with Gasteiger partial charge in [-0.05, 0) is 50.4 Å². The molecule has 2 aromatic carbocycles. The molecule has 0 spiro atoms. The smallest absolute Gasteiger partial charge is 0.278 e. The van der Waals surface area contributed by atoms with Gasteiger partial charge in [-0.2, -0.15) is 0 Å². The number of nitrogens with zero attached hydrogens (tertiary/aromatic N) is 3. The highest BCUT2D eigenvalue weighted by Gasteiger charge is 2.34. The molecule has 0 N–H and O–H groups in total. The molecule has 2 aromatic rings. The maximum atomic E-state index is 13.2. The Morgan fingerprint density at radius 2 is 1.73 bits per heavy atom. The molecular formula is C21H23N3OS. The van der Waals surface area contributed by atoms with E-state index in [0.717, 1.165) is 34.9 Å². The number of fused-ring (bicyclic) bond motifs is 1. The molecule has 4 rings (SSSR count). The number of piperidine rings is 1. The Balaban J connectivity index is 1.70. The number of hydrogen-bond donors (Lipinski definition) is 0. The summed E-state index contributed by atoms with van der Waals surface area (Å²) < 4.78 is 0. The zero-order chi connectivity index (χ0) is 17.9. The highest BCUT2D eigenvalue weighted by atomic mass is 32.2. The number of benzene rings is 2. The summed E-state index contributed by atoms with van der Waals surface area (Å²) in [5.74, 6) is 0.00711. The Kier molecular flexibility index (Phi) is 5.09. The fraction of sp³-hybridized carbons (Fsp3) is 0.333. The number of anilines is 1. The highest BCUT2D eigenvalue weighted by molar-refractivity contribution is 7.98. The van der Waals surface area contributed by atoms with Crippen LogP contribution in [0.15, 0.2) is 58.4 Å². The predicted molar refractivity (Wildman–Crippen MR) is 109 cm³/mol. The molecule has 0 radical (unpaired) electrons. The minimum atomic E-state index is 0.00711. The van der Waals surface area contributed by atoms with Gasteiger partial charge >= 0.3 is 0 Å². The Bertz CT molecular complexity index is 843. The maximum absolute atomic E-state index is 13.2. The van der Waals surface area contributed by atoms with Gasteiger partial charge < -0.3 is 0 Å². The lowest BCUT2D eigenvalue weighted by atomic mass is 10.1. The molecule has 26 heavy (non-hydrogen) atoms. The first-order valence-corrected chi connectivity index (χ1v) is 10.4. The van der Waals surface area contributed by atoms with Crippen molar-refractivity contribution < 1.29 is 4.79 Å². The van der Waals surface area contributed by atoms with E-state index in [9.17, 15) is 4.79 Å². The first-order valence-electron chi connectivity index (χ1n) is 9.13. The van der Waals surface area contributed by atoms with Gasteiger partial charge in [-0.1, -0.05) is 36.8 Å². The first-order chi connectivity index (χ1) is 12.8. The fourth-order valence-corrected chi connectivity index (χ4v) is 4.19. The summed E-state index contributed by atoms with van der Waals surface area (Å²) in [5, 5.41) is 0. The molecule has 0 unspecified atom stereocenters. The van der Waals surface area contributed by atoms with Gasteiger partial charge in [0.05, 0.1) is 18.0 Å². The van der Waals surface area contributed by atoms with Crippen LogP contribution in [0.25, 0.3) is 0 Å². The lowest BCUT2D eigenvalue weighted by Gasteiger charge is -2.30. The van der Waals surface area contributed by atoms with Crippen LogP contribution in [-0.4, -0.2) is 42.5 Å². The molecule has 1 amide bonds. The van der Waals surface area contributed by atoms with Gasteiger partial charge in [0, 0.05) is 10.5 Å². The number of thioether (sulfide) groups is 1. The molecule has 0 aromatic heterocycles. The third kappa shape index (κ3) is 3.29. The number of rotatable bonds is 4. The summed E-state index contributed by atoms with van der Waals surface area (Å²) in [5.41, 5.74) is 3.32. The van der Waals surface area contributed by atoms with Crippen LogP contribution in [0.4, 0.5) is 11.4 Å². The van der Waals surface area contributed by atoms with Crippen molar-refractivity contribution in [1.29, 1.82) is 0 Å². The van der Waals surface area contributed by atoms with Crippen LogP contribution >= 0.6 is 11.8 Å². The van der Waals surface area contributed by atoms with Crippen molar-refractivity contribution in [2.45, 2.75) is 24.2 Å². The summed E-state index contributed by atoms with van der Waals surface area (Å²) in [6.07, 6.45) is 5.75. The molecule has 0 aliphatic carbocycles. The van der Waals surface area contributed by atoms with Gasteiger partial charge in [-0.15, -0.1) is 11.8 Å². The SMILES string of the molecule is CSc1ccccc1N=C1C(=O)N(CN2CCCCC2)c2ccccc21. The summed E-state index contributed by atoms with van der Waals surface area (Å²) >= 11 is 1.65. The number of likely N-dealkylation sites (tertiary alicyclic amines) is 1. The summed E-state index contributed by atoms with van der Waals surface area (Å²) in [4.78, 5) is 23.3. The number of aliphatic imine (C=N–C) groups is 1. The second-order valence-electron chi connectivity index (χ2n) is 6.70. The summed E-state index contributed by atoms with van der Waals surface area (Å²) in [6.45, 7) is 2.78. The van der Waals surface area contributed by atoms with E-state index in [1.54, 1.807) is 11.8 Å². The fourth-order valence-electron chi connectivity index (χ4n) is 3.65. The largest absolute Gasteiger partial charge is 0.293 e. The van der Waals surface area contributed by atoms with Crippen molar-refractivity contribution in [1.82, 2.24) is 4.90 Å². The first kappa shape index (κ1) is 17.3. The molecule has 1 saturated heterocycles. The van der Waals surface area contributed by atoms with Gasteiger partial charge in [0.15, 0.2) is 0 Å². The van der Waals surface area contributed by atoms with Crippen molar-refractivity contribution in [2.75, 3.05) is 30.9 Å². The third-order valence-electron chi connectivity index (χ3n) is 5.01. The number of amides is 1. The summed E-state index contributed by atoms with van der Waals surface area (Å²) in [7, 11) is 0. The molecule has 2 aliphatic heterocycles. The van der Waals surface area contributed by atoms with E-state index in [0.29, 0.717) is 12.4 Å².